The van der Waals surface area contributed by atoms with E-state index in [-0.39, 0.29) is 11.4 Å². The summed E-state index contributed by atoms with van der Waals surface area (Å²) < 4.78 is 48.6. The van der Waals surface area contributed by atoms with E-state index in [2.05, 4.69) is 5.10 Å². The van der Waals surface area contributed by atoms with Gasteiger partial charge in [-0.1, -0.05) is 0 Å². The number of anilines is 1. The van der Waals surface area contributed by atoms with Crippen LogP contribution in [0.4, 0.5) is 14.6 Å². The molecule has 1 aromatic heterocycles. The number of nitrogen functional groups attached to an aromatic ring is 1. The van der Waals surface area contributed by atoms with E-state index in [1.165, 1.54) is 7.05 Å². The molecule has 0 unspecified atom stereocenters. The zero-order valence-corrected chi connectivity index (χ0v) is 8.92. The molecule has 0 amide bonds. The number of amidine groups is 1. The number of hydrogen-bond donors (Lipinski definition) is 3. The van der Waals surface area contributed by atoms with Crippen LogP contribution in [0.1, 0.15) is 5.56 Å². The number of halogens is 2. The molecule has 16 heavy (non-hydrogen) atoms. The van der Waals surface area contributed by atoms with Crippen LogP contribution >= 0.6 is 0 Å². The molecule has 0 aromatic carbocycles. The van der Waals surface area contributed by atoms with E-state index < -0.39 is 21.6 Å². The van der Waals surface area contributed by atoms with E-state index in [0.29, 0.717) is 0 Å². The molecule has 7 nitrogen and oxygen atoms in total. The molecule has 0 aliphatic rings. The highest BCUT2D eigenvalue weighted by atomic mass is 32.2. The van der Waals surface area contributed by atoms with Gasteiger partial charge in [0.1, 0.15) is 11.7 Å². The molecule has 0 saturated carbocycles. The maximum atomic E-state index is 12.1. The molecule has 1 rings (SSSR count). The zero-order chi connectivity index (χ0) is 12.5. The third-order valence-electron chi connectivity index (χ3n) is 1.70. The van der Waals surface area contributed by atoms with E-state index >= 15 is 0 Å². The Balaban J connectivity index is 3.16. The second kappa shape index (κ2) is 4.04. The normalized spacial score (nSPS) is 11.8. The molecule has 0 bridgehead atoms. The Kier molecular flexibility index (Phi) is 3.12. The SMILES string of the molecule is Cn1ncc(C(=N)N)c1NS(=O)(=O)C(F)F. The van der Waals surface area contributed by atoms with Gasteiger partial charge in [-0.2, -0.15) is 13.9 Å². The lowest BCUT2D eigenvalue weighted by Gasteiger charge is -2.08. The fraction of sp³-hybridized carbons (Fsp3) is 0.333. The summed E-state index contributed by atoms with van der Waals surface area (Å²) in [6.45, 7) is 0. The number of nitrogens with one attached hydrogen (secondary N) is 2. The molecule has 1 heterocycles. The lowest BCUT2D eigenvalue weighted by molar-refractivity contribution is 0.236. The standard InChI is InChI=1S/C6H9F2N5O2S/c1-13-5(3(2-11-13)4(9)10)12-16(14,15)6(7)8/h2,6,12H,1H3,(H3,9,10). The number of sulfonamides is 1. The Morgan fingerprint density at radius 1 is 1.69 bits per heavy atom. The van der Waals surface area contributed by atoms with Crippen molar-refractivity contribution in [1.29, 1.82) is 5.41 Å². The highest BCUT2D eigenvalue weighted by molar-refractivity contribution is 7.93. The highest BCUT2D eigenvalue weighted by Gasteiger charge is 2.26. The van der Waals surface area contributed by atoms with E-state index in [1.807, 2.05) is 0 Å². The minimum absolute atomic E-state index is 0.0632. The first kappa shape index (κ1) is 12.4. The summed E-state index contributed by atoms with van der Waals surface area (Å²) in [7, 11) is -3.47. The average molecular weight is 253 g/mol. The van der Waals surface area contributed by atoms with Crippen molar-refractivity contribution in [2.75, 3.05) is 4.72 Å². The van der Waals surface area contributed by atoms with Crippen molar-refractivity contribution in [3.8, 4) is 0 Å². The number of aryl methyl sites for hydroxylation is 1. The minimum Gasteiger partial charge on any atom is -0.384 e. The minimum atomic E-state index is -4.80. The summed E-state index contributed by atoms with van der Waals surface area (Å²) in [5.41, 5.74) is 5.07. The van der Waals surface area contributed by atoms with Gasteiger partial charge in [0, 0.05) is 7.05 Å². The maximum Gasteiger partial charge on any atom is 0.355 e. The largest absolute Gasteiger partial charge is 0.384 e. The van der Waals surface area contributed by atoms with Crippen molar-refractivity contribution in [2.24, 2.45) is 12.8 Å². The molecule has 0 radical (unpaired) electrons. The first-order chi connectivity index (χ1) is 7.25. The Labute approximate surface area is 89.8 Å². The number of nitrogens with two attached hydrogens (primary N) is 1. The molecular weight excluding hydrogens is 244 g/mol. The third-order valence-corrected chi connectivity index (χ3v) is 2.65. The molecule has 0 aliphatic heterocycles. The van der Waals surface area contributed by atoms with E-state index in [1.54, 1.807) is 4.72 Å². The van der Waals surface area contributed by atoms with Gasteiger partial charge in [-0.05, 0) is 0 Å². The summed E-state index contributed by atoms with van der Waals surface area (Å²) in [5.74, 6) is -4.31. The Bertz CT molecular complexity index is 509. The van der Waals surface area contributed by atoms with Gasteiger partial charge in [0.05, 0.1) is 11.8 Å². The first-order valence-corrected chi connectivity index (χ1v) is 5.46. The fourth-order valence-corrected chi connectivity index (χ4v) is 1.54. The number of nitrogens with zero attached hydrogens (tertiary/aromatic N) is 2. The Morgan fingerprint density at radius 2 is 2.25 bits per heavy atom. The quantitative estimate of drug-likeness (QED) is 0.503. The third kappa shape index (κ3) is 2.27. The van der Waals surface area contributed by atoms with Crippen LogP contribution in [0.25, 0.3) is 0 Å². The molecule has 0 aliphatic carbocycles. The Morgan fingerprint density at radius 3 is 2.69 bits per heavy atom. The highest BCUT2D eigenvalue weighted by Crippen LogP contribution is 2.17. The van der Waals surface area contributed by atoms with Crippen LogP contribution in [0.15, 0.2) is 6.20 Å². The van der Waals surface area contributed by atoms with Crippen molar-refractivity contribution in [1.82, 2.24) is 9.78 Å². The topological polar surface area (TPSA) is 114 Å². The lowest BCUT2D eigenvalue weighted by atomic mass is 10.3. The maximum absolute atomic E-state index is 12.1. The summed E-state index contributed by atoms with van der Waals surface area (Å²) in [6, 6.07) is 0. The van der Waals surface area contributed by atoms with Crippen molar-refractivity contribution < 1.29 is 17.2 Å². The van der Waals surface area contributed by atoms with Crippen LogP contribution in [-0.2, 0) is 17.1 Å². The second-order valence-corrected chi connectivity index (χ2v) is 4.50. The smallest absolute Gasteiger partial charge is 0.355 e. The molecular formula is C6H9F2N5O2S. The fourth-order valence-electron chi connectivity index (χ4n) is 0.935. The molecule has 0 spiro atoms. The molecule has 10 heteroatoms. The second-order valence-electron chi connectivity index (χ2n) is 2.85. The average Bonchev–Trinajstić information content (AvgIpc) is 2.47. The first-order valence-electron chi connectivity index (χ1n) is 3.92. The molecule has 0 fully saturated rings. The van der Waals surface area contributed by atoms with Crippen LogP contribution in [0.3, 0.4) is 0 Å². The van der Waals surface area contributed by atoms with Gasteiger partial charge >= 0.3 is 5.76 Å². The summed E-state index contributed by atoms with van der Waals surface area (Å²) in [5, 5.41) is 10.7. The Hall–Kier alpha value is -1.71. The van der Waals surface area contributed by atoms with E-state index in [0.717, 1.165) is 10.9 Å². The molecule has 0 atom stereocenters. The van der Waals surface area contributed by atoms with E-state index in [4.69, 9.17) is 11.1 Å². The lowest BCUT2D eigenvalue weighted by Crippen LogP contribution is -2.24. The summed E-state index contributed by atoms with van der Waals surface area (Å²) in [4.78, 5) is 0. The van der Waals surface area contributed by atoms with Crippen molar-refractivity contribution >= 4 is 21.7 Å². The van der Waals surface area contributed by atoms with Gasteiger partial charge in [0.15, 0.2) is 0 Å². The molecule has 0 saturated heterocycles. The predicted molar refractivity (Wildman–Crippen MR) is 52.8 cm³/mol. The predicted octanol–water partition coefficient (Wildman–Crippen LogP) is -0.332. The van der Waals surface area contributed by atoms with Gasteiger partial charge in [0.2, 0.25) is 0 Å². The number of rotatable bonds is 4. The van der Waals surface area contributed by atoms with Gasteiger partial charge < -0.3 is 5.73 Å². The van der Waals surface area contributed by atoms with Gasteiger partial charge in [-0.15, -0.1) is 0 Å². The van der Waals surface area contributed by atoms with Crippen molar-refractivity contribution in [3.05, 3.63) is 11.8 Å². The number of hydrogen-bond acceptors (Lipinski definition) is 4. The van der Waals surface area contributed by atoms with Crippen LogP contribution in [0.5, 0.6) is 0 Å². The van der Waals surface area contributed by atoms with E-state index in [9.17, 15) is 17.2 Å². The molecule has 4 N–H and O–H groups in total. The van der Waals surface area contributed by atoms with Crippen molar-refractivity contribution in [2.45, 2.75) is 5.76 Å². The summed E-state index contributed by atoms with van der Waals surface area (Å²) >= 11 is 0. The molecule has 1 aromatic rings. The van der Waals surface area contributed by atoms with Crippen LogP contribution in [0, 0.1) is 5.41 Å². The molecule has 90 valence electrons. The van der Waals surface area contributed by atoms with Gasteiger partial charge in [-0.3, -0.25) is 14.8 Å². The number of alkyl halides is 2. The van der Waals surface area contributed by atoms with Crippen LogP contribution in [-0.4, -0.2) is 29.8 Å². The zero-order valence-electron chi connectivity index (χ0n) is 8.11. The summed E-state index contributed by atoms with van der Waals surface area (Å²) in [6.07, 6.45) is 1.10. The van der Waals surface area contributed by atoms with Crippen LogP contribution in [0.2, 0.25) is 0 Å². The monoisotopic (exact) mass is 253 g/mol. The number of aromatic nitrogens is 2. The van der Waals surface area contributed by atoms with Gasteiger partial charge in [0.25, 0.3) is 10.0 Å². The van der Waals surface area contributed by atoms with Gasteiger partial charge in [-0.25, -0.2) is 8.42 Å². The van der Waals surface area contributed by atoms with Crippen LogP contribution < -0.4 is 10.5 Å². The van der Waals surface area contributed by atoms with Crippen molar-refractivity contribution in [3.63, 3.8) is 0 Å².